The Bertz CT molecular complexity index is 975. The van der Waals surface area contributed by atoms with Crippen LogP contribution in [-0.2, 0) is 10.0 Å². The third kappa shape index (κ3) is 3.85. The molecule has 4 rings (SSSR count). The number of hydrogen-bond acceptors (Lipinski definition) is 2. The molecule has 1 heterocycles. The molecule has 2 aromatic carbocycles. The lowest BCUT2D eigenvalue weighted by molar-refractivity contribution is 0.333. The molecule has 2 aromatic rings. The molecule has 2 aliphatic rings. The van der Waals surface area contributed by atoms with E-state index in [1.54, 1.807) is 16.4 Å². The lowest BCUT2D eigenvalue weighted by Crippen LogP contribution is -2.37. The molecule has 0 aromatic heterocycles. The van der Waals surface area contributed by atoms with E-state index in [4.69, 9.17) is 0 Å². The molecule has 1 saturated heterocycles. The highest BCUT2D eigenvalue weighted by molar-refractivity contribution is 7.89. The zero-order valence-corrected chi connectivity index (χ0v) is 17.1. The minimum atomic E-state index is -3.52. The van der Waals surface area contributed by atoms with Crippen LogP contribution in [0.5, 0.6) is 0 Å². The van der Waals surface area contributed by atoms with E-state index in [1.807, 2.05) is 37.3 Å². The number of nitrogens with zero attached hydrogens (tertiary/aromatic N) is 1. The largest absolute Gasteiger partial charge is 0.243 e. The van der Waals surface area contributed by atoms with Crippen LogP contribution in [0.1, 0.15) is 36.8 Å². The highest BCUT2D eigenvalue weighted by Crippen LogP contribution is 2.39. The quantitative estimate of drug-likeness (QED) is 0.672. The predicted octanol–water partition coefficient (Wildman–Crippen LogP) is 5.20. The van der Waals surface area contributed by atoms with E-state index in [9.17, 15) is 8.42 Å². The topological polar surface area (TPSA) is 37.4 Å². The van der Waals surface area contributed by atoms with Gasteiger partial charge in [-0.3, -0.25) is 0 Å². The Hall–Kier alpha value is -2.17. The molecular weight excluding hydrogens is 366 g/mol. The predicted molar refractivity (Wildman–Crippen MR) is 114 cm³/mol. The van der Waals surface area contributed by atoms with Crippen molar-refractivity contribution in [1.29, 1.82) is 0 Å². The van der Waals surface area contributed by atoms with Crippen molar-refractivity contribution >= 4 is 16.1 Å². The monoisotopic (exact) mass is 393 g/mol. The maximum Gasteiger partial charge on any atom is 0.243 e. The summed E-state index contributed by atoms with van der Waals surface area (Å²) in [7, 11) is -3.52. The lowest BCUT2D eigenvalue weighted by Gasteiger charge is -2.27. The lowest BCUT2D eigenvalue weighted by atomic mass is 9.88. The molecule has 146 valence electrons. The number of hydrogen-bond donors (Lipinski definition) is 0. The first-order valence-corrected chi connectivity index (χ1v) is 11.5. The SMILES string of the molecule is Cc1ccc(S(=O)(=O)N2C/C(=C/c3ccccc3)[C@H]3/C=C\CCCC[C@@H]32)cc1. The number of fused-ring (bicyclic) bond motifs is 1. The van der Waals surface area contributed by atoms with Gasteiger partial charge in [-0.05, 0) is 49.5 Å². The highest BCUT2D eigenvalue weighted by atomic mass is 32.2. The Balaban J connectivity index is 1.75. The summed E-state index contributed by atoms with van der Waals surface area (Å²) in [5, 5.41) is 0. The first kappa shape index (κ1) is 19.2. The van der Waals surface area contributed by atoms with Gasteiger partial charge in [0.25, 0.3) is 0 Å². The van der Waals surface area contributed by atoms with Gasteiger partial charge in [0.2, 0.25) is 10.0 Å². The molecule has 4 heteroatoms. The molecule has 0 N–H and O–H groups in total. The average molecular weight is 394 g/mol. The summed E-state index contributed by atoms with van der Waals surface area (Å²) >= 11 is 0. The van der Waals surface area contributed by atoms with Crippen LogP contribution >= 0.6 is 0 Å². The van der Waals surface area contributed by atoms with Crippen LogP contribution in [0.4, 0.5) is 0 Å². The maximum absolute atomic E-state index is 13.5. The van der Waals surface area contributed by atoms with Crippen molar-refractivity contribution < 1.29 is 8.42 Å². The van der Waals surface area contributed by atoms with E-state index in [0.717, 1.165) is 36.8 Å². The molecule has 0 saturated carbocycles. The second kappa shape index (κ2) is 8.06. The average Bonchev–Trinajstić information content (AvgIpc) is 2.99. The molecule has 28 heavy (non-hydrogen) atoms. The van der Waals surface area contributed by atoms with Crippen LogP contribution in [0.25, 0.3) is 6.08 Å². The van der Waals surface area contributed by atoms with Crippen molar-refractivity contribution in [2.45, 2.75) is 43.5 Å². The molecule has 0 amide bonds. The fourth-order valence-electron chi connectivity index (χ4n) is 4.28. The Labute approximate surface area is 168 Å². The molecule has 0 spiro atoms. The normalized spacial score (nSPS) is 25.8. The third-order valence-electron chi connectivity index (χ3n) is 5.79. The van der Waals surface area contributed by atoms with Crippen molar-refractivity contribution in [3.05, 3.63) is 83.4 Å². The fourth-order valence-corrected chi connectivity index (χ4v) is 5.94. The Kier molecular flexibility index (Phi) is 5.51. The minimum absolute atomic E-state index is 0.00202. The molecule has 1 aliphatic heterocycles. The standard InChI is InChI=1S/C24H27NO2S/c1-19-13-15-22(16-14-19)28(26,27)25-18-21(17-20-9-5-4-6-10-20)23-11-7-2-3-8-12-24(23)25/h4-7,9-11,13-17,23-24H,2-3,8,12,18H2,1H3/b11-7-,21-17-/t23-,24+/m1/s1. The zero-order chi connectivity index (χ0) is 19.6. The van der Waals surface area contributed by atoms with Gasteiger partial charge < -0.3 is 0 Å². The zero-order valence-electron chi connectivity index (χ0n) is 16.3. The van der Waals surface area contributed by atoms with Crippen molar-refractivity contribution in [3.63, 3.8) is 0 Å². The molecule has 0 radical (unpaired) electrons. The number of allylic oxidation sites excluding steroid dienone is 1. The summed E-state index contributed by atoms with van der Waals surface area (Å²) in [4.78, 5) is 0.392. The molecule has 0 unspecified atom stereocenters. The fraction of sp³-hybridized carbons (Fsp3) is 0.333. The molecule has 2 atom stereocenters. The van der Waals surface area contributed by atoms with E-state index in [-0.39, 0.29) is 12.0 Å². The van der Waals surface area contributed by atoms with Crippen LogP contribution in [0.2, 0.25) is 0 Å². The number of benzene rings is 2. The van der Waals surface area contributed by atoms with Crippen molar-refractivity contribution in [1.82, 2.24) is 4.31 Å². The highest BCUT2D eigenvalue weighted by Gasteiger charge is 2.43. The summed E-state index contributed by atoms with van der Waals surface area (Å²) in [6.45, 7) is 2.44. The van der Waals surface area contributed by atoms with Crippen LogP contribution in [0.15, 0.2) is 77.2 Å². The van der Waals surface area contributed by atoms with Crippen LogP contribution < -0.4 is 0 Å². The summed E-state index contributed by atoms with van der Waals surface area (Å²) in [5.74, 6) is 0.153. The van der Waals surface area contributed by atoms with Gasteiger partial charge in [0.1, 0.15) is 0 Å². The molecule has 1 aliphatic carbocycles. The van der Waals surface area contributed by atoms with Crippen molar-refractivity contribution in [3.8, 4) is 0 Å². The van der Waals surface area contributed by atoms with Crippen LogP contribution in [0, 0.1) is 12.8 Å². The molecule has 0 bridgehead atoms. The van der Waals surface area contributed by atoms with Crippen LogP contribution in [-0.4, -0.2) is 25.3 Å². The van der Waals surface area contributed by atoms with Crippen molar-refractivity contribution in [2.24, 2.45) is 5.92 Å². The van der Waals surface area contributed by atoms with Crippen molar-refractivity contribution in [2.75, 3.05) is 6.54 Å². The summed E-state index contributed by atoms with van der Waals surface area (Å²) in [6.07, 6.45) is 10.8. The number of rotatable bonds is 3. The first-order chi connectivity index (χ1) is 13.6. The molecular formula is C24H27NO2S. The van der Waals surface area contributed by atoms with Crippen LogP contribution in [0.3, 0.4) is 0 Å². The van der Waals surface area contributed by atoms with E-state index >= 15 is 0 Å². The summed E-state index contributed by atoms with van der Waals surface area (Å²) < 4.78 is 28.7. The Morgan fingerprint density at radius 1 is 1.00 bits per heavy atom. The van der Waals surface area contributed by atoms with Gasteiger partial charge in [0, 0.05) is 18.5 Å². The van der Waals surface area contributed by atoms with Gasteiger partial charge in [0.15, 0.2) is 0 Å². The minimum Gasteiger partial charge on any atom is -0.207 e. The van der Waals surface area contributed by atoms with Gasteiger partial charge >= 0.3 is 0 Å². The Morgan fingerprint density at radius 2 is 1.75 bits per heavy atom. The summed E-state index contributed by atoms with van der Waals surface area (Å²) in [5.41, 5.74) is 3.38. The molecule has 3 nitrogen and oxygen atoms in total. The molecule has 1 fully saturated rings. The van der Waals surface area contributed by atoms with E-state index in [2.05, 4.69) is 30.4 Å². The second-order valence-electron chi connectivity index (χ2n) is 7.80. The smallest absolute Gasteiger partial charge is 0.207 e. The number of sulfonamides is 1. The second-order valence-corrected chi connectivity index (χ2v) is 9.69. The van der Waals surface area contributed by atoms with Gasteiger partial charge in [-0.15, -0.1) is 0 Å². The summed E-state index contributed by atoms with van der Waals surface area (Å²) in [6, 6.07) is 17.4. The third-order valence-corrected chi connectivity index (χ3v) is 7.68. The van der Waals surface area contributed by atoms with Gasteiger partial charge in [-0.1, -0.05) is 72.7 Å². The van der Waals surface area contributed by atoms with Gasteiger partial charge in [0.05, 0.1) is 4.90 Å². The Morgan fingerprint density at radius 3 is 2.50 bits per heavy atom. The van der Waals surface area contributed by atoms with Gasteiger partial charge in [-0.25, -0.2) is 8.42 Å². The van der Waals surface area contributed by atoms with E-state index in [1.165, 1.54) is 5.57 Å². The number of aryl methyl sites for hydroxylation is 1. The van der Waals surface area contributed by atoms with E-state index in [0.29, 0.717) is 11.4 Å². The van der Waals surface area contributed by atoms with Gasteiger partial charge in [-0.2, -0.15) is 4.31 Å². The van der Waals surface area contributed by atoms with E-state index < -0.39 is 10.0 Å². The maximum atomic E-state index is 13.5. The first-order valence-electron chi connectivity index (χ1n) is 10.1.